The van der Waals surface area contributed by atoms with E-state index in [4.69, 9.17) is 0 Å². The molecule has 1 aliphatic carbocycles. The summed E-state index contributed by atoms with van der Waals surface area (Å²) in [5.41, 5.74) is 2.87. The Labute approximate surface area is 114 Å². The van der Waals surface area contributed by atoms with E-state index in [2.05, 4.69) is 36.1 Å². The van der Waals surface area contributed by atoms with Gasteiger partial charge >= 0.3 is 5.97 Å². The van der Waals surface area contributed by atoms with E-state index < -0.39 is 5.97 Å². The second kappa shape index (κ2) is 4.97. The van der Waals surface area contributed by atoms with Crippen molar-refractivity contribution in [1.82, 2.24) is 4.90 Å². The number of carboxylic acid groups (broad SMARTS) is 1. The van der Waals surface area contributed by atoms with Crippen molar-refractivity contribution >= 4 is 5.97 Å². The third-order valence-electron chi connectivity index (χ3n) is 4.86. The van der Waals surface area contributed by atoms with Gasteiger partial charge in [0.1, 0.15) is 0 Å². The first-order chi connectivity index (χ1) is 9.18. The SMILES string of the molecule is CC1C(C(=O)O)CCN1C1CCCc2ccccc21. The van der Waals surface area contributed by atoms with Crippen LogP contribution in [0.4, 0.5) is 0 Å². The molecule has 19 heavy (non-hydrogen) atoms. The first kappa shape index (κ1) is 12.7. The Kier molecular flexibility index (Phi) is 3.31. The van der Waals surface area contributed by atoms with Crippen LogP contribution in [0.2, 0.25) is 0 Å². The van der Waals surface area contributed by atoms with Crippen molar-refractivity contribution in [3.63, 3.8) is 0 Å². The molecule has 3 atom stereocenters. The number of carbonyl (C=O) groups is 1. The van der Waals surface area contributed by atoms with Gasteiger partial charge in [0.2, 0.25) is 0 Å². The topological polar surface area (TPSA) is 40.5 Å². The molecule has 0 spiro atoms. The Morgan fingerprint density at radius 2 is 2.11 bits per heavy atom. The molecular formula is C16H21NO2. The molecule has 1 aromatic rings. The van der Waals surface area contributed by atoms with Gasteiger partial charge in [-0.25, -0.2) is 0 Å². The number of aryl methyl sites for hydroxylation is 1. The van der Waals surface area contributed by atoms with Gasteiger partial charge in [-0.1, -0.05) is 24.3 Å². The summed E-state index contributed by atoms with van der Waals surface area (Å²) in [5.74, 6) is -0.840. The van der Waals surface area contributed by atoms with Gasteiger partial charge < -0.3 is 5.11 Å². The number of nitrogens with zero attached hydrogens (tertiary/aromatic N) is 1. The number of fused-ring (bicyclic) bond motifs is 1. The van der Waals surface area contributed by atoms with Gasteiger partial charge in [0, 0.05) is 12.1 Å². The molecule has 0 saturated carbocycles. The summed E-state index contributed by atoms with van der Waals surface area (Å²) in [6.45, 7) is 2.99. The number of aliphatic carboxylic acids is 1. The highest BCUT2D eigenvalue weighted by atomic mass is 16.4. The number of carboxylic acids is 1. The lowest BCUT2D eigenvalue weighted by atomic mass is 9.86. The average molecular weight is 259 g/mol. The molecule has 0 radical (unpaired) electrons. The Bertz CT molecular complexity index is 485. The zero-order valence-electron chi connectivity index (χ0n) is 11.4. The van der Waals surface area contributed by atoms with E-state index in [0.717, 1.165) is 25.8 Å². The smallest absolute Gasteiger partial charge is 0.308 e. The van der Waals surface area contributed by atoms with Crippen LogP contribution in [0.25, 0.3) is 0 Å². The highest BCUT2D eigenvalue weighted by molar-refractivity contribution is 5.71. The fourth-order valence-corrected chi connectivity index (χ4v) is 3.81. The third kappa shape index (κ3) is 2.16. The van der Waals surface area contributed by atoms with Crippen LogP contribution in [-0.2, 0) is 11.2 Å². The van der Waals surface area contributed by atoms with Crippen molar-refractivity contribution in [1.29, 1.82) is 0 Å². The molecule has 3 nitrogen and oxygen atoms in total. The van der Waals surface area contributed by atoms with Gasteiger partial charge in [-0.2, -0.15) is 0 Å². The molecule has 1 fully saturated rings. The maximum absolute atomic E-state index is 11.3. The summed E-state index contributed by atoms with van der Waals surface area (Å²) < 4.78 is 0. The molecule has 1 heterocycles. The highest BCUT2D eigenvalue weighted by Gasteiger charge is 2.40. The molecule has 1 N–H and O–H groups in total. The highest BCUT2D eigenvalue weighted by Crippen LogP contribution is 2.39. The number of likely N-dealkylation sites (tertiary alicyclic amines) is 1. The predicted molar refractivity (Wildman–Crippen MR) is 74.0 cm³/mol. The number of hydrogen-bond acceptors (Lipinski definition) is 2. The number of benzene rings is 1. The van der Waals surface area contributed by atoms with Crippen LogP contribution < -0.4 is 0 Å². The standard InChI is InChI=1S/C16H21NO2/c1-11-13(16(18)19)9-10-17(11)15-8-4-6-12-5-2-3-7-14(12)15/h2-3,5,7,11,13,15H,4,6,8-10H2,1H3,(H,18,19). The van der Waals surface area contributed by atoms with Crippen LogP contribution in [-0.4, -0.2) is 28.6 Å². The third-order valence-corrected chi connectivity index (χ3v) is 4.86. The predicted octanol–water partition coefficient (Wildman–Crippen LogP) is 2.86. The quantitative estimate of drug-likeness (QED) is 0.888. The number of hydrogen-bond donors (Lipinski definition) is 1. The summed E-state index contributed by atoms with van der Waals surface area (Å²) >= 11 is 0. The lowest BCUT2D eigenvalue weighted by molar-refractivity contribution is -0.142. The Balaban J connectivity index is 1.87. The molecule has 1 aliphatic heterocycles. The van der Waals surface area contributed by atoms with Crippen molar-refractivity contribution < 1.29 is 9.90 Å². The average Bonchev–Trinajstić information content (AvgIpc) is 2.80. The molecule has 3 heteroatoms. The fraction of sp³-hybridized carbons (Fsp3) is 0.562. The minimum atomic E-state index is -0.640. The Morgan fingerprint density at radius 1 is 1.32 bits per heavy atom. The van der Waals surface area contributed by atoms with Gasteiger partial charge in [-0.3, -0.25) is 9.69 Å². The minimum absolute atomic E-state index is 0.147. The maximum Gasteiger partial charge on any atom is 0.308 e. The molecule has 0 aromatic heterocycles. The summed E-state index contributed by atoms with van der Waals surface area (Å²) in [4.78, 5) is 13.7. The zero-order chi connectivity index (χ0) is 13.4. The van der Waals surface area contributed by atoms with E-state index in [1.54, 1.807) is 0 Å². The molecule has 2 aliphatic rings. The summed E-state index contributed by atoms with van der Waals surface area (Å²) in [5, 5.41) is 9.27. The van der Waals surface area contributed by atoms with Crippen LogP contribution in [0, 0.1) is 5.92 Å². The van der Waals surface area contributed by atoms with E-state index in [-0.39, 0.29) is 12.0 Å². The molecule has 3 rings (SSSR count). The second-order valence-corrected chi connectivity index (χ2v) is 5.82. The fourth-order valence-electron chi connectivity index (χ4n) is 3.81. The largest absolute Gasteiger partial charge is 0.481 e. The van der Waals surface area contributed by atoms with Crippen LogP contribution in [0.5, 0.6) is 0 Å². The molecule has 1 saturated heterocycles. The van der Waals surface area contributed by atoms with Crippen molar-refractivity contribution in [2.24, 2.45) is 5.92 Å². The van der Waals surface area contributed by atoms with Crippen LogP contribution in [0.15, 0.2) is 24.3 Å². The van der Waals surface area contributed by atoms with E-state index in [1.807, 2.05) is 0 Å². The van der Waals surface area contributed by atoms with E-state index in [1.165, 1.54) is 17.5 Å². The van der Waals surface area contributed by atoms with Crippen molar-refractivity contribution in [3.05, 3.63) is 35.4 Å². The Hall–Kier alpha value is -1.35. The first-order valence-electron chi connectivity index (χ1n) is 7.25. The summed E-state index contributed by atoms with van der Waals surface area (Å²) in [7, 11) is 0. The van der Waals surface area contributed by atoms with Gasteiger partial charge in [-0.15, -0.1) is 0 Å². The van der Waals surface area contributed by atoms with Crippen LogP contribution in [0.1, 0.15) is 43.4 Å². The monoisotopic (exact) mass is 259 g/mol. The van der Waals surface area contributed by atoms with Gasteiger partial charge in [0.25, 0.3) is 0 Å². The molecule has 0 bridgehead atoms. The van der Waals surface area contributed by atoms with E-state index in [0.29, 0.717) is 6.04 Å². The van der Waals surface area contributed by atoms with E-state index >= 15 is 0 Å². The summed E-state index contributed by atoms with van der Waals surface area (Å²) in [6.07, 6.45) is 4.32. The molecule has 102 valence electrons. The minimum Gasteiger partial charge on any atom is -0.481 e. The van der Waals surface area contributed by atoms with Crippen molar-refractivity contribution in [2.45, 2.75) is 44.7 Å². The normalized spacial score (nSPS) is 31.1. The van der Waals surface area contributed by atoms with Gasteiger partial charge in [0.05, 0.1) is 5.92 Å². The zero-order valence-corrected chi connectivity index (χ0v) is 11.4. The summed E-state index contributed by atoms with van der Waals surface area (Å²) in [6, 6.07) is 9.22. The first-order valence-corrected chi connectivity index (χ1v) is 7.25. The molecule has 0 amide bonds. The number of rotatable bonds is 2. The second-order valence-electron chi connectivity index (χ2n) is 5.82. The molecular weight excluding hydrogens is 238 g/mol. The molecule has 1 aromatic carbocycles. The Morgan fingerprint density at radius 3 is 2.84 bits per heavy atom. The van der Waals surface area contributed by atoms with Gasteiger partial charge in [-0.05, 0) is 50.3 Å². The van der Waals surface area contributed by atoms with Crippen LogP contribution >= 0.6 is 0 Å². The lowest BCUT2D eigenvalue weighted by Crippen LogP contribution is -2.37. The van der Waals surface area contributed by atoms with Crippen LogP contribution in [0.3, 0.4) is 0 Å². The lowest BCUT2D eigenvalue weighted by Gasteiger charge is -2.36. The van der Waals surface area contributed by atoms with Crippen molar-refractivity contribution in [3.8, 4) is 0 Å². The molecule has 3 unspecified atom stereocenters. The van der Waals surface area contributed by atoms with Gasteiger partial charge in [0.15, 0.2) is 0 Å². The maximum atomic E-state index is 11.3. The van der Waals surface area contributed by atoms with Crippen molar-refractivity contribution in [2.75, 3.05) is 6.54 Å². The van der Waals surface area contributed by atoms with E-state index in [9.17, 15) is 9.90 Å².